The van der Waals surface area contributed by atoms with E-state index in [1.165, 1.54) is 0 Å². The summed E-state index contributed by atoms with van der Waals surface area (Å²) in [5.41, 5.74) is 1.98. The molecule has 0 aliphatic heterocycles. The second-order valence-electron chi connectivity index (χ2n) is 3.07. The van der Waals surface area contributed by atoms with E-state index in [9.17, 15) is 10.0 Å². The highest BCUT2D eigenvalue weighted by atomic mass is 35.5. The van der Waals surface area contributed by atoms with Gasteiger partial charge >= 0.3 is 5.69 Å². The first-order valence-electron chi connectivity index (χ1n) is 4.01. The molecule has 0 fully saturated rings. The number of fused-ring (bicyclic) bond motifs is 1. The molecule has 1 aromatic rings. The summed E-state index contributed by atoms with van der Waals surface area (Å²) in [6.07, 6.45) is 2.83. The lowest BCUT2D eigenvalue weighted by Gasteiger charge is -2.05. The van der Waals surface area contributed by atoms with Gasteiger partial charge in [-0.3, -0.25) is 0 Å². The molecule has 0 radical (unpaired) electrons. The zero-order valence-electron chi connectivity index (χ0n) is 7.28. The van der Waals surface area contributed by atoms with Gasteiger partial charge in [-0.05, 0) is 31.7 Å². The highest BCUT2D eigenvalue weighted by molar-refractivity contribution is 5.85. The first kappa shape index (κ1) is 10.1. The van der Waals surface area contributed by atoms with Crippen LogP contribution >= 0.6 is 12.4 Å². The molecule has 72 valence electrons. The Labute approximate surface area is 81.6 Å². The third-order valence-corrected chi connectivity index (χ3v) is 2.35. The number of hydrogen-bond donors (Lipinski definition) is 1. The van der Waals surface area contributed by atoms with Crippen molar-refractivity contribution < 1.29 is 5.21 Å². The van der Waals surface area contributed by atoms with Crippen molar-refractivity contribution in [1.29, 1.82) is 0 Å². The fraction of sp³-hybridized carbons (Fsp3) is 0.500. The highest BCUT2D eigenvalue weighted by Gasteiger charge is 2.17. The topological polar surface area (TPSA) is 55.1 Å². The summed E-state index contributed by atoms with van der Waals surface area (Å²) < 4.78 is 0.629. The van der Waals surface area contributed by atoms with Gasteiger partial charge < -0.3 is 5.21 Å². The lowest BCUT2D eigenvalue weighted by Crippen LogP contribution is -2.25. The molecule has 1 aliphatic rings. The Morgan fingerprint density at radius 2 is 2.15 bits per heavy atom. The Morgan fingerprint density at radius 3 is 2.85 bits per heavy atom. The molecule has 2 rings (SSSR count). The number of nitrogens with zero attached hydrogens (tertiary/aromatic N) is 2. The molecule has 0 aromatic carbocycles. The summed E-state index contributed by atoms with van der Waals surface area (Å²) in [6.45, 7) is 1.74. The van der Waals surface area contributed by atoms with Gasteiger partial charge in [0.15, 0.2) is 0 Å². The molecule has 0 spiro atoms. The number of aromatic nitrogens is 2. The van der Waals surface area contributed by atoms with Gasteiger partial charge in [0, 0.05) is 0 Å². The van der Waals surface area contributed by atoms with Crippen LogP contribution in [0.15, 0.2) is 4.79 Å². The van der Waals surface area contributed by atoms with Gasteiger partial charge in [0.05, 0.1) is 11.4 Å². The highest BCUT2D eigenvalue weighted by Crippen LogP contribution is 2.20. The fourth-order valence-electron chi connectivity index (χ4n) is 1.68. The number of rotatable bonds is 0. The molecule has 1 heterocycles. The Hall–Kier alpha value is -1.03. The lowest BCUT2D eigenvalue weighted by atomic mass is 10.2. The van der Waals surface area contributed by atoms with Gasteiger partial charge in [-0.2, -0.15) is 4.98 Å². The molecule has 0 bridgehead atoms. The first-order valence-corrected chi connectivity index (χ1v) is 4.01. The van der Waals surface area contributed by atoms with E-state index in [-0.39, 0.29) is 12.4 Å². The Kier molecular flexibility index (Phi) is 2.61. The summed E-state index contributed by atoms with van der Waals surface area (Å²) >= 11 is 0. The van der Waals surface area contributed by atoms with Gasteiger partial charge in [-0.25, -0.2) is 4.79 Å². The number of halogens is 1. The van der Waals surface area contributed by atoms with Crippen LogP contribution in [0.5, 0.6) is 0 Å². The molecule has 1 N–H and O–H groups in total. The fourth-order valence-corrected chi connectivity index (χ4v) is 1.68. The molecule has 0 atom stereocenters. The van der Waals surface area contributed by atoms with Crippen molar-refractivity contribution in [3.63, 3.8) is 0 Å². The third-order valence-electron chi connectivity index (χ3n) is 2.35. The summed E-state index contributed by atoms with van der Waals surface area (Å²) in [5.74, 6) is 0. The molecule has 0 amide bonds. The maximum atomic E-state index is 11.0. The Bertz CT molecular complexity index is 386. The van der Waals surface area contributed by atoms with Crippen molar-refractivity contribution in [3.8, 4) is 0 Å². The maximum Gasteiger partial charge on any atom is 0.380 e. The smallest absolute Gasteiger partial charge is 0.380 e. The van der Waals surface area contributed by atoms with Crippen LogP contribution in [0.1, 0.15) is 23.4 Å². The molecule has 0 saturated heterocycles. The van der Waals surface area contributed by atoms with Crippen LogP contribution in [0, 0.1) is 6.92 Å². The molecule has 1 aliphatic carbocycles. The van der Waals surface area contributed by atoms with Crippen molar-refractivity contribution in [3.05, 3.63) is 27.4 Å². The van der Waals surface area contributed by atoms with Gasteiger partial charge in [-0.1, -0.05) is 0 Å². The SMILES string of the molecule is Cc1c2c(nc(=O)n1O)CCC2.Cl. The average Bonchev–Trinajstić information content (AvgIpc) is 2.48. The normalized spacial score (nSPS) is 13.6. The molecule has 1 aromatic heterocycles. The van der Waals surface area contributed by atoms with Gasteiger partial charge in [0.25, 0.3) is 0 Å². The summed E-state index contributed by atoms with van der Waals surface area (Å²) in [7, 11) is 0. The predicted octanol–water partition coefficient (Wildman–Crippen LogP) is 0.700. The van der Waals surface area contributed by atoms with E-state index in [1.807, 2.05) is 0 Å². The zero-order valence-corrected chi connectivity index (χ0v) is 8.10. The van der Waals surface area contributed by atoms with Crippen LogP contribution in [-0.2, 0) is 12.8 Å². The Balaban J connectivity index is 0.000000845. The molecule has 5 heteroatoms. The second-order valence-corrected chi connectivity index (χ2v) is 3.07. The quantitative estimate of drug-likeness (QED) is 0.631. The Morgan fingerprint density at radius 1 is 1.46 bits per heavy atom. The van der Waals surface area contributed by atoms with Crippen molar-refractivity contribution in [2.75, 3.05) is 0 Å². The van der Waals surface area contributed by atoms with E-state index in [0.29, 0.717) is 10.4 Å². The largest absolute Gasteiger partial charge is 0.424 e. The van der Waals surface area contributed by atoms with Crippen LogP contribution in [0.2, 0.25) is 0 Å². The van der Waals surface area contributed by atoms with Crippen molar-refractivity contribution in [2.45, 2.75) is 26.2 Å². The molecular formula is C8H11ClN2O2. The van der Waals surface area contributed by atoms with Crippen molar-refractivity contribution >= 4 is 12.4 Å². The molecule has 0 unspecified atom stereocenters. The van der Waals surface area contributed by atoms with Crippen molar-refractivity contribution in [2.24, 2.45) is 0 Å². The first-order chi connectivity index (χ1) is 5.70. The van der Waals surface area contributed by atoms with E-state index in [4.69, 9.17) is 0 Å². The van der Waals surface area contributed by atoms with Gasteiger partial charge in [-0.15, -0.1) is 17.1 Å². The number of aryl methyl sites for hydroxylation is 1. The third kappa shape index (κ3) is 1.42. The van der Waals surface area contributed by atoms with Crippen LogP contribution in [0.25, 0.3) is 0 Å². The van der Waals surface area contributed by atoms with E-state index in [0.717, 1.165) is 30.5 Å². The average molecular weight is 203 g/mol. The molecule has 13 heavy (non-hydrogen) atoms. The van der Waals surface area contributed by atoms with Crippen LogP contribution in [-0.4, -0.2) is 14.9 Å². The van der Waals surface area contributed by atoms with E-state index in [2.05, 4.69) is 4.98 Å². The lowest BCUT2D eigenvalue weighted by molar-refractivity contribution is 0.162. The summed E-state index contributed by atoms with van der Waals surface area (Å²) in [6, 6.07) is 0. The maximum absolute atomic E-state index is 11.0. The minimum Gasteiger partial charge on any atom is -0.424 e. The predicted molar refractivity (Wildman–Crippen MR) is 49.7 cm³/mol. The van der Waals surface area contributed by atoms with Crippen LogP contribution in [0.4, 0.5) is 0 Å². The van der Waals surface area contributed by atoms with E-state index >= 15 is 0 Å². The zero-order chi connectivity index (χ0) is 8.72. The number of hydrogen-bond acceptors (Lipinski definition) is 3. The van der Waals surface area contributed by atoms with E-state index in [1.54, 1.807) is 6.92 Å². The summed E-state index contributed by atoms with van der Waals surface area (Å²) in [5, 5.41) is 9.21. The standard InChI is InChI=1S/C8H10N2O2.ClH/c1-5-6-3-2-4-7(6)9-8(11)10(5)12;/h12H,2-4H2,1H3;1H. The molecular weight excluding hydrogens is 192 g/mol. The minimum absolute atomic E-state index is 0. The molecule has 0 saturated carbocycles. The van der Waals surface area contributed by atoms with Crippen LogP contribution in [0.3, 0.4) is 0 Å². The minimum atomic E-state index is -0.562. The second kappa shape index (κ2) is 3.38. The van der Waals surface area contributed by atoms with Gasteiger partial charge in [0.2, 0.25) is 0 Å². The summed E-state index contributed by atoms with van der Waals surface area (Å²) in [4.78, 5) is 14.8. The molecule has 4 nitrogen and oxygen atoms in total. The van der Waals surface area contributed by atoms with Crippen molar-refractivity contribution in [1.82, 2.24) is 9.71 Å². The monoisotopic (exact) mass is 202 g/mol. The van der Waals surface area contributed by atoms with Gasteiger partial charge in [0.1, 0.15) is 0 Å². The van der Waals surface area contributed by atoms with E-state index < -0.39 is 5.69 Å². The van der Waals surface area contributed by atoms with Crippen LogP contribution < -0.4 is 5.69 Å².